The summed E-state index contributed by atoms with van der Waals surface area (Å²) in [7, 11) is 1.74. The highest BCUT2D eigenvalue weighted by Gasteiger charge is 2.25. The van der Waals surface area contributed by atoms with Crippen molar-refractivity contribution < 1.29 is 9.90 Å². The molecule has 0 aromatic carbocycles. The van der Waals surface area contributed by atoms with Crippen LogP contribution in [0.15, 0.2) is 12.1 Å². The molecule has 1 fully saturated rings. The molecule has 1 heterocycles. The topological polar surface area (TPSA) is 78.4 Å². The van der Waals surface area contributed by atoms with Crippen LogP contribution in [0.3, 0.4) is 0 Å². The summed E-state index contributed by atoms with van der Waals surface area (Å²) in [6.45, 7) is 6.76. The molecule has 0 radical (unpaired) electrons. The Morgan fingerprint density at radius 3 is 2.57 bits per heavy atom. The van der Waals surface area contributed by atoms with Crippen LogP contribution in [0.4, 0.5) is 10.6 Å². The third kappa shape index (κ3) is 4.89. The van der Waals surface area contributed by atoms with E-state index in [1.165, 1.54) is 0 Å². The van der Waals surface area contributed by atoms with Gasteiger partial charge in [-0.05, 0) is 25.0 Å². The number of hydrogen-bond acceptors (Lipinski definition) is 4. The molecule has 0 saturated heterocycles. The van der Waals surface area contributed by atoms with Gasteiger partial charge in [0.25, 0.3) is 0 Å². The number of aromatic nitrogens is 2. The number of nitrogens with zero attached hydrogens (tertiary/aromatic N) is 3. The van der Waals surface area contributed by atoms with Crippen molar-refractivity contribution in [1.82, 2.24) is 15.1 Å². The van der Waals surface area contributed by atoms with Gasteiger partial charge in [-0.1, -0.05) is 33.6 Å². The molecule has 0 spiro atoms. The normalized spacial score (nSPS) is 21.8. The quantitative estimate of drug-likeness (QED) is 0.897. The van der Waals surface area contributed by atoms with Gasteiger partial charge < -0.3 is 10.0 Å². The number of anilines is 1. The fraction of sp³-hybridized carbons (Fsp3) is 0.706. The minimum Gasteiger partial charge on any atom is -0.393 e. The second-order valence-electron chi connectivity index (χ2n) is 7.48. The lowest BCUT2D eigenvalue weighted by molar-refractivity contribution is 0.0575. The van der Waals surface area contributed by atoms with Crippen LogP contribution in [0.2, 0.25) is 0 Å². The Labute approximate surface area is 138 Å². The van der Waals surface area contributed by atoms with E-state index in [0.29, 0.717) is 12.4 Å². The van der Waals surface area contributed by atoms with Crippen LogP contribution >= 0.6 is 0 Å². The minimum atomic E-state index is -0.301. The SMILES string of the molecule is CN(CC1CCCCC1O)C(=O)Nc1ccc(C(C)(C)C)nn1. The second kappa shape index (κ2) is 7.25. The van der Waals surface area contributed by atoms with Gasteiger partial charge in [0.2, 0.25) is 0 Å². The molecule has 6 heteroatoms. The highest BCUT2D eigenvalue weighted by Crippen LogP contribution is 2.25. The second-order valence-corrected chi connectivity index (χ2v) is 7.48. The lowest BCUT2D eigenvalue weighted by Crippen LogP contribution is -2.40. The van der Waals surface area contributed by atoms with E-state index in [-0.39, 0.29) is 23.5 Å². The molecule has 2 atom stereocenters. The van der Waals surface area contributed by atoms with Gasteiger partial charge in [0.1, 0.15) is 0 Å². The van der Waals surface area contributed by atoms with Crippen LogP contribution in [0, 0.1) is 5.92 Å². The van der Waals surface area contributed by atoms with Crippen molar-refractivity contribution in [1.29, 1.82) is 0 Å². The standard InChI is InChI=1S/C17H28N4O2/c1-17(2,3)14-9-10-15(20-19-14)18-16(23)21(4)11-12-7-5-6-8-13(12)22/h9-10,12-13,22H,5-8,11H2,1-4H3,(H,18,20,23). The Bertz CT molecular complexity index is 524. The monoisotopic (exact) mass is 320 g/mol. The Morgan fingerprint density at radius 1 is 1.30 bits per heavy atom. The summed E-state index contributed by atoms with van der Waals surface area (Å²) in [6.07, 6.45) is 3.70. The zero-order valence-electron chi connectivity index (χ0n) is 14.5. The van der Waals surface area contributed by atoms with Crippen LogP contribution < -0.4 is 5.32 Å². The largest absolute Gasteiger partial charge is 0.393 e. The Hall–Kier alpha value is -1.69. The van der Waals surface area contributed by atoms with Crippen LogP contribution in [-0.2, 0) is 5.41 Å². The lowest BCUT2D eigenvalue weighted by Gasteiger charge is -2.31. The molecule has 1 aromatic rings. The summed E-state index contributed by atoms with van der Waals surface area (Å²) in [5.74, 6) is 0.605. The van der Waals surface area contributed by atoms with Gasteiger partial charge in [-0.2, -0.15) is 5.10 Å². The molecule has 1 aromatic heterocycles. The summed E-state index contributed by atoms with van der Waals surface area (Å²) in [5, 5.41) is 21.0. The molecular weight excluding hydrogens is 292 g/mol. The van der Waals surface area contributed by atoms with Gasteiger partial charge in [0.05, 0.1) is 11.8 Å². The van der Waals surface area contributed by atoms with Gasteiger partial charge in [-0.3, -0.25) is 5.32 Å². The van der Waals surface area contributed by atoms with Crippen LogP contribution in [-0.4, -0.2) is 45.9 Å². The fourth-order valence-electron chi connectivity index (χ4n) is 2.84. The molecule has 2 amide bonds. The average Bonchev–Trinajstić information content (AvgIpc) is 2.49. The van der Waals surface area contributed by atoms with E-state index >= 15 is 0 Å². The van der Waals surface area contributed by atoms with E-state index in [0.717, 1.165) is 31.4 Å². The maximum absolute atomic E-state index is 12.2. The van der Waals surface area contributed by atoms with E-state index in [1.807, 2.05) is 6.07 Å². The Morgan fingerprint density at radius 2 is 2.00 bits per heavy atom. The van der Waals surface area contributed by atoms with Gasteiger partial charge in [0.15, 0.2) is 5.82 Å². The molecular formula is C17H28N4O2. The number of aliphatic hydroxyl groups is 1. The first-order chi connectivity index (χ1) is 10.8. The first-order valence-electron chi connectivity index (χ1n) is 8.32. The third-order valence-electron chi connectivity index (χ3n) is 4.39. The predicted octanol–water partition coefficient (Wildman–Crippen LogP) is 2.79. The Kier molecular flexibility index (Phi) is 5.57. The first kappa shape index (κ1) is 17.7. The molecule has 2 unspecified atom stereocenters. The number of carbonyl (C=O) groups excluding carboxylic acids is 1. The summed E-state index contributed by atoms with van der Waals surface area (Å²) >= 11 is 0. The van der Waals surface area contributed by atoms with E-state index in [9.17, 15) is 9.90 Å². The van der Waals surface area contributed by atoms with E-state index in [4.69, 9.17) is 0 Å². The van der Waals surface area contributed by atoms with Crippen LogP contribution in [0.1, 0.15) is 52.1 Å². The first-order valence-corrected chi connectivity index (χ1v) is 8.32. The molecule has 0 aliphatic heterocycles. The van der Waals surface area contributed by atoms with Crippen molar-refractivity contribution in [3.63, 3.8) is 0 Å². The van der Waals surface area contributed by atoms with Crippen molar-refractivity contribution >= 4 is 11.8 Å². The van der Waals surface area contributed by atoms with Gasteiger partial charge in [-0.25, -0.2) is 4.79 Å². The molecule has 128 valence electrons. The molecule has 1 aliphatic rings. The molecule has 1 saturated carbocycles. The lowest BCUT2D eigenvalue weighted by atomic mass is 9.86. The zero-order valence-corrected chi connectivity index (χ0v) is 14.5. The molecule has 2 N–H and O–H groups in total. The van der Waals surface area contributed by atoms with E-state index in [1.54, 1.807) is 18.0 Å². The summed E-state index contributed by atoms with van der Waals surface area (Å²) in [5.41, 5.74) is 0.817. The predicted molar refractivity (Wildman–Crippen MR) is 90.3 cm³/mol. The Balaban J connectivity index is 1.90. The third-order valence-corrected chi connectivity index (χ3v) is 4.39. The number of carbonyl (C=O) groups is 1. The number of aliphatic hydroxyl groups excluding tert-OH is 1. The van der Waals surface area contributed by atoms with Crippen molar-refractivity contribution in [3.05, 3.63) is 17.8 Å². The van der Waals surface area contributed by atoms with Crippen molar-refractivity contribution in [3.8, 4) is 0 Å². The van der Waals surface area contributed by atoms with Gasteiger partial charge >= 0.3 is 6.03 Å². The van der Waals surface area contributed by atoms with Crippen molar-refractivity contribution in [2.75, 3.05) is 18.9 Å². The maximum atomic E-state index is 12.2. The smallest absolute Gasteiger partial charge is 0.322 e. The number of nitrogens with one attached hydrogen (secondary N) is 1. The zero-order chi connectivity index (χ0) is 17.0. The summed E-state index contributed by atoms with van der Waals surface area (Å²) in [6, 6.07) is 3.43. The van der Waals surface area contributed by atoms with Gasteiger partial charge in [-0.15, -0.1) is 5.10 Å². The van der Waals surface area contributed by atoms with Gasteiger partial charge in [0, 0.05) is 24.9 Å². The molecule has 2 rings (SSSR count). The van der Waals surface area contributed by atoms with Crippen LogP contribution in [0.5, 0.6) is 0 Å². The molecule has 0 bridgehead atoms. The average molecular weight is 320 g/mol. The molecule has 1 aliphatic carbocycles. The summed E-state index contributed by atoms with van der Waals surface area (Å²) < 4.78 is 0. The maximum Gasteiger partial charge on any atom is 0.322 e. The number of hydrogen-bond donors (Lipinski definition) is 2. The summed E-state index contributed by atoms with van der Waals surface area (Å²) in [4.78, 5) is 13.8. The van der Waals surface area contributed by atoms with E-state index < -0.39 is 0 Å². The highest BCUT2D eigenvalue weighted by atomic mass is 16.3. The fourth-order valence-corrected chi connectivity index (χ4v) is 2.84. The van der Waals surface area contributed by atoms with Crippen molar-refractivity contribution in [2.45, 2.75) is 58.0 Å². The van der Waals surface area contributed by atoms with Crippen LogP contribution in [0.25, 0.3) is 0 Å². The number of urea groups is 1. The van der Waals surface area contributed by atoms with Crippen molar-refractivity contribution in [2.24, 2.45) is 5.92 Å². The highest BCUT2D eigenvalue weighted by molar-refractivity contribution is 5.87. The molecule has 6 nitrogen and oxygen atoms in total. The number of rotatable bonds is 3. The number of amides is 2. The molecule has 23 heavy (non-hydrogen) atoms. The minimum absolute atomic E-state index is 0.0660. The van der Waals surface area contributed by atoms with E-state index in [2.05, 4.69) is 36.3 Å².